The number of carbonyl (C=O) groups is 1. The SMILES string of the molecule is C=C1/C=C\C=C/C/N=C(/c2ccc(Cl)cc2)NC1NCCCOC(C)=O. The summed E-state index contributed by atoms with van der Waals surface area (Å²) >= 11 is 5.99. The number of esters is 1. The highest BCUT2D eigenvalue weighted by atomic mass is 35.5. The zero-order valence-electron chi connectivity index (χ0n) is 14.9. The number of nitrogens with one attached hydrogen (secondary N) is 2. The molecule has 1 atom stereocenters. The molecule has 0 spiro atoms. The van der Waals surface area contributed by atoms with E-state index in [0.717, 1.165) is 17.0 Å². The highest BCUT2D eigenvalue weighted by molar-refractivity contribution is 6.30. The van der Waals surface area contributed by atoms with E-state index in [2.05, 4.69) is 22.2 Å². The van der Waals surface area contributed by atoms with E-state index >= 15 is 0 Å². The maximum absolute atomic E-state index is 10.8. The summed E-state index contributed by atoms with van der Waals surface area (Å²) in [5.74, 6) is 0.498. The highest BCUT2D eigenvalue weighted by Crippen LogP contribution is 2.11. The van der Waals surface area contributed by atoms with Gasteiger partial charge in [0.05, 0.1) is 13.2 Å². The summed E-state index contributed by atoms with van der Waals surface area (Å²) in [6.07, 6.45) is 8.36. The van der Waals surface area contributed by atoms with Crippen molar-refractivity contribution in [2.24, 2.45) is 4.99 Å². The van der Waals surface area contributed by atoms with Crippen LogP contribution in [0.25, 0.3) is 0 Å². The molecule has 0 saturated carbocycles. The van der Waals surface area contributed by atoms with Gasteiger partial charge in [-0.2, -0.15) is 0 Å². The summed E-state index contributed by atoms with van der Waals surface area (Å²) in [5.41, 5.74) is 1.83. The summed E-state index contributed by atoms with van der Waals surface area (Å²) in [5, 5.41) is 7.48. The summed E-state index contributed by atoms with van der Waals surface area (Å²) in [6, 6.07) is 7.54. The van der Waals surface area contributed by atoms with E-state index in [1.807, 2.05) is 48.6 Å². The second-order valence-electron chi connectivity index (χ2n) is 5.78. The number of allylic oxidation sites excluding steroid dienone is 2. The minimum atomic E-state index is -0.266. The average molecular weight is 374 g/mol. The van der Waals surface area contributed by atoms with Crippen molar-refractivity contribution in [3.05, 3.63) is 71.3 Å². The Balaban J connectivity index is 2.08. The van der Waals surface area contributed by atoms with Crippen molar-refractivity contribution in [1.29, 1.82) is 0 Å². The molecule has 0 aromatic heterocycles. The van der Waals surface area contributed by atoms with Gasteiger partial charge in [0.2, 0.25) is 0 Å². The Hall–Kier alpha value is -2.37. The molecule has 0 fully saturated rings. The van der Waals surface area contributed by atoms with Crippen molar-refractivity contribution < 1.29 is 9.53 Å². The number of amidine groups is 1. The molecule has 1 aliphatic heterocycles. The first-order valence-corrected chi connectivity index (χ1v) is 8.90. The Kier molecular flexibility index (Phi) is 8.12. The van der Waals surface area contributed by atoms with Gasteiger partial charge in [0.1, 0.15) is 12.0 Å². The van der Waals surface area contributed by atoms with Gasteiger partial charge in [-0.15, -0.1) is 0 Å². The molecular weight excluding hydrogens is 350 g/mol. The van der Waals surface area contributed by atoms with E-state index in [0.29, 0.717) is 31.1 Å². The molecule has 5 nitrogen and oxygen atoms in total. The van der Waals surface area contributed by atoms with Crippen LogP contribution in [0.15, 0.2) is 65.7 Å². The van der Waals surface area contributed by atoms with Gasteiger partial charge in [0, 0.05) is 24.1 Å². The molecule has 0 saturated heterocycles. The number of rotatable bonds is 6. The van der Waals surface area contributed by atoms with Gasteiger partial charge in [-0.25, -0.2) is 0 Å². The van der Waals surface area contributed by atoms with Crippen molar-refractivity contribution in [3.8, 4) is 0 Å². The van der Waals surface area contributed by atoms with Crippen molar-refractivity contribution >= 4 is 23.4 Å². The fraction of sp³-hybridized carbons (Fsp3) is 0.300. The second kappa shape index (κ2) is 10.6. The first-order chi connectivity index (χ1) is 12.6. The summed E-state index contributed by atoms with van der Waals surface area (Å²) in [6.45, 7) is 7.17. The van der Waals surface area contributed by atoms with Gasteiger partial charge in [-0.05, 0) is 36.3 Å². The number of nitrogens with zero attached hydrogens (tertiary/aromatic N) is 1. The van der Waals surface area contributed by atoms with Gasteiger partial charge in [-0.1, -0.05) is 42.5 Å². The van der Waals surface area contributed by atoms with E-state index in [4.69, 9.17) is 16.3 Å². The third-order valence-electron chi connectivity index (χ3n) is 3.66. The highest BCUT2D eigenvalue weighted by Gasteiger charge is 2.14. The first-order valence-electron chi connectivity index (χ1n) is 8.52. The first kappa shape index (κ1) is 19.9. The van der Waals surface area contributed by atoms with Gasteiger partial charge >= 0.3 is 5.97 Å². The van der Waals surface area contributed by atoms with Crippen LogP contribution in [-0.4, -0.2) is 37.7 Å². The molecule has 26 heavy (non-hydrogen) atoms. The third kappa shape index (κ3) is 6.86. The van der Waals surface area contributed by atoms with Crippen LogP contribution >= 0.6 is 11.6 Å². The minimum absolute atomic E-state index is 0.190. The molecule has 1 aromatic carbocycles. The number of hydrogen-bond donors (Lipinski definition) is 2. The number of hydrogen-bond acceptors (Lipinski definition) is 5. The smallest absolute Gasteiger partial charge is 0.302 e. The van der Waals surface area contributed by atoms with Crippen LogP contribution < -0.4 is 10.6 Å². The largest absolute Gasteiger partial charge is 0.466 e. The lowest BCUT2D eigenvalue weighted by Gasteiger charge is -2.23. The Morgan fingerprint density at radius 2 is 2.15 bits per heavy atom. The zero-order chi connectivity index (χ0) is 18.8. The average Bonchev–Trinajstić information content (AvgIpc) is 2.62. The van der Waals surface area contributed by atoms with Crippen LogP contribution in [0.5, 0.6) is 0 Å². The maximum Gasteiger partial charge on any atom is 0.302 e. The summed E-state index contributed by atoms with van der Waals surface area (Å²) in [4.78, 5) is 15.5. The summed E-state index contributed by atoms with van der Waals surface area (Å²) in [7, 11) is 0. The van der Waals surface area contributed by atoms with Gasteiger partial charge in [0.25, 0.3) is 0 Å². The molecule has 1 aliphatic rings. The molecule has 0 aliphatic carbocycles. The van der Waals surface area contributed by atoms with Crippen LogP contribution in [0.1, 0.15) is 18.9 Å². The van der Waals surface area contributed by atoms with E-state index < -0.39 is 0 Å². The lowest BCUT2D eigenvalue weighted by molar-refractivity contribution is -0.141. The van der Waals surface area contributed by atoms with Crippen LogP contribution in [0, 0.1) is 0 Å². The Morgan fingerprint density at radius 1 is 1.38 bits per heavy atom. The predicted octanol–water partition coefficient (Wildman–Crippen LogP) is 3.23. The van der Waals surface area contributed by atoms with Crippen LogP contribution in [0.2, 0.25) is 5.02 Å². The number of aliphatic imine (C=N–C) groups is 1. The Morgan fingerprint density at radius 3 is 2.88 bits per heavy atom. The molecule has 138 valence electrons. The molecule has 1 unspecified atom stereocenters. The molecule has 0 radical (unpaired) electrons. The second-order valence-corrected chi connectivity index (χ2v) is 6.22. The molecule has 1 aromatic rings. The molecular formula is C20H24ClN3O2. The topological polar surface area (TPSA) is 62.7 Å². The van der Waals surface area contributed by atoms with Gasteiger partial charge in [0.15, 0.2) is 0 Å². The molecule has 1 heterocycles. The van der Waals surface area contributed by atoms with E-state index in [1.54, 1.807) is 0 Å². The Bertz CT molecular complexity index is 708. The maximum atomic E-state index is 10.8. The molecule has 0 amide bonds. The zero-order valence-corrected chi connectivity index (χ0v) is 15.6. The van der Waals surface area contributed by atoms with E-state index in [1.165, 1.54) is 6.92 Å². The van der Waals surface area contributed by atoms with Crippen molar-refractivity contribution in [3.63, 3.8) is 0 Å². The number of carbonyl (C=O) groups excluding carboxylic acids is 1. The quantitative estimate of drug-likeness (QED) is 0.593. The molecule has 2 N–H and O–H groups in total. The van der Waals surface area contributed by atoms with Crippen LogP contribution in [0.3, 0.4) is 0 Å². The van der Waals surface area contributed by atoms with Gasteiger partial charge in [-0.3, -0.25) is 15.1 Å². The van der Waals surface area contributed by atoms with Crippen molar-refractivity contribution in [2.75, 3.05) is 19.7 Å². The normalized spacial score (nSPS) is 21.8. The lowest BCUT2D eigenvalue weighted by Crippen LogP contribution is -2.47. The third-order valence-corrected chi connectivity index (χ3v) is 3.91. The number of halogens is 1. The lowest BCUT2D eigenvalue weighted by atomic mass is 10.1. The predicted molar refractivity (Wildman–Crippen MR) is 106 cm³/mol. The standard InChI is InChI=1S/C20H24ClN3O2/c1-15-7-4-3-5-12-23-20(17-8-10-18(21)11-9-17)24-19(15)22-13-6-14-26-16(2)25/h3-5,7-11,19,22H,1,6,12-14H2,2H3,(H,23,24)/b5-3-,7-4-. The molecule has 0 bridgehead atoms. The molecule has 6 heteroatoms. The fourth-order valence-electron chi connectivity index (χ4n) is 2.33. The van der Waals surface area contributed by atoms with Crippen molar-refractivity contribution in [1.82, 2.24) is 10.6 Å². The fourth-order valence-corrected chi connectivity index (χ4v) is 2.46. The van der Waals surface area contributed by atoms with Gasteiger partial charge < -0.3 is 10.1 Å². The van der Waals surface area contributed by atoms with E-state index in [-0.39, 0.29) is 12.1 Å². The minimum Gasteiger partial charge on any atom is -0.466 e. The van der Waals surface area contributed by atoms with Crippen LogP contribution in [0.4, 0.5) is 0 Å². The van der Waals surface area contributed by atoms with Crippen LogP contribution in [-0.2, 0) is 9.53 Å². The monoisotopic (exact) mass is 373 g/mol. The Labute approximate surface area is 159 Å². The molecule has 2 rings (SSSR count). The van der Waals surface area contributed by atoms with Crippen molar-refractivity contribution in [2.45, 2.75) is 19.5 Å². The number of ether oxygens (including phenoxy) is 1. The van der Waals surface area contributed by atoms with E-state index in [9.17, 15) is 4.79 Å². The summed E-state index contributed by atoms with van der Waals surface area (Å²) < 4.78 is 4.96. The number of benzene rings is 1.